The molecule has 1 aromatic carbocycles. The number of primary amides is 1. The van der Waals surface area contributed by atoms with E-state index < -0.39 is 60.0 Å². The number of carboxylic acids is 2. The molecule has 4 amide bonds. The number of nitrogens with two attached hydrogens (primary N) is 2. The second kappa shape index (κ2) is 13.5. The second-order valence-corrected chi connectivity index (χ2v) is 8.97. The minimum atomic E-state index is -1.37. The van der Waals surface area contributed by atoms with Crippen molar-refractivity contribution in [2.45, 2.75) is 23.9 Å². The van der Waals surface area contributed by atoms with Gasteiger partial charge in [-0.15, -0.1) is 11.8 Å². The molecule has 2 heterocycles. The third kappa shape index (κ3) is 7.61. The van der Waals surface area contributed by atoms with Crippen molar-refractivity contribution in [1.29, 1.82) is 0 Å². The number of hydrogen-bond acceptors (Lipinski definition) is 10. The van der Waals surface area contributed by atoms with E-state index >= 15 is 0 Å². The molecule has 0 unspecified atom stereocenters. The van der Waals surface area contributed by atoms with E-state index in [1.165, 1.54) is 23.9 Å². The van der Waals surface area contributed by atoms with Crippen LogP contribution in [0, 0.1) is 0 Å². The number of carbonyl (C=O) groups excluding carboxylic acids is 4. The number of anilines is 1. The van der Waals surface area contributed by atoms with E-state index in [2.05, 4.69) is 15.4 Å². The van der Waals surface area contributed by atoms with Gasteiger partial charge in [-0.2, -0.15) is 0 Å². The first-order chi connectivity index (χ1) is 17.5. The maximum Gasteiger partial charge on any atom is 1.00 e. The molecule has 3 rings (SSSR count). The Morgan fingerprint density at radius 1 is 1.16 bits per heavy atom. The van der Waals surface area contributed by atoms with Gasteiger partial charge in [-0.1, -0.05) is 12.1 Å². The monoisotopic (exact) mass is 561 g/mol. The van der Waals surface area contributed by atoms with E-state index in [-0.39, 0.29) is 61.0 Å². The largest absolute Gasteiger partial charge is 1.00 e. The van der Waals surface area contributed by atoms with Crippen LogP contribution in [0.4, 0.5) is 15.3 Å². The summed E-state index contributed by atoms with van der Waals surface area (Å²) in [4.78, 5) is 71.1. The summed E-state index contributed by atoms with van der Waals surface area (Å²) in [5, 5.41) is 22.6. The van der Waals surface area contributed by atoms with Crippen LogP contribution in [0.25, 0.3) is 0 Å². The van der Waals surface area contributed by atoms with E-state index in [9.17, 15) is 33.9 Å². The number of benzene rings is 1. The summed E-state index contributed by atoms with van der Waals surface area (Å²) in [7, 11) is 0. The van der Waals surface area contributed by atoms with E-state index in [0.29, 0.717) is 11.3 Å². The molecule has 1 aromatic rings. The molecule has 1 saturated heterocycles. The average molecular weight is 562 g/mol. The molecular weight excluding hydrogens is 537 g/mol. The summed E-state index contributed by atoms with van der Waals surface area (Å²) in [5.74, 6) is -3.61. The Hall–Kier alpha value is -3.31. The zero-order chi connectivity index (χ0) is 27.3. The first kappa shape index (κ1) is 30.9. The molecule has 0 bridgehead atoms. The minimum Gasteiger partial charge on any atom is -1.00 e. The molecule has 17 heteroatoms. The Balaban J connectivity index is 0.00000380. The number of ether oxygens (including phenoxy) is 2. The normalized spacial score (nSPS) is 18.7. The molecule has 0 saturated carbocycles. The van der Waals surface area contributed by atoms with Gasteiger partial charge in [0.15, 0.2) is 0 Å². The van der Waals surface area contributed by atoms with Crippen LogP contribution in [-0.4, -0.2) is 87.5 Å². The van der Waals surface area contributed by atoms with Gasteiger partial charge in [0.25, 0.3) is 5.91 Å². The summed E-state index contributed by atoms with van der Waals surface area (Å²) in [6.45, 7) is -0.877. The Kier molecular flexibility index (Phi) is 11.0. The number of nitrogens with one attached hydrogen (secondary N) is 2. The van der Waals surface area contributed by atoms with Gasteiger partial charge < -0.3 is 37.9 Å². The van der Waals surface area contributed by atoms with E-state index in [1.807, 2.05) is 0 Å². The van der Waals surface area contributed by atoms with Crippen molar-refractivity contribution >= 4 is 53.4 Å². The van der Waals surface area contributed by atoms with Gasteiger partial charge in [0.05, 0.1) is 6.42 Å². The van der Waals surface area contributed by atoms with Crippen LogP contribution < -0.4 is 51.7 Å². The van der Waals surface area contributed by atoms with Gasteiger partial charge in [0, 0.05) is 17.0 Å². The van der Waals surface area contributed by atoms with Crippen molar-refractivity contribution in [1.82, 2.24) is 10.2 Å². The van der Waals surface area contributed by atoms with Crippen LogP contribution in [0.5, 0.6) is 0 Å². The molecule has 38 heavy (non-hydrogen) atoms. The topological polar surface area (TPSA) is 241 Å². The molecule has 15 nitrogen and oxygen atoms in total. The Bertz CT molecular complexity index is 1170. The van der Waals surface area contributed by atoms with Crippen molar-refractivity contribution < 1.29 is 79.4 Å². The van der Waals surface area contributed by atoms with Crippen LogP contribution in [-0.2, 0) is 35.1 Å². The predicted octanol–water partition coefficient (Wildman–Crippen LogP) is -3.86. The molecule has 0 radical (unpaired) electrons. The number of amides is 4. The fourth-order valence-electron chi connectivity index (χ4n) is 3.46. The Morgan fingerprint density at radius 2 is 1.82 bits per heavy atom. The van der Waals surface area contributed by atoms with E-state index in [0.717, 1.165) is 4.90 Å². The molecule has 0 aromatic heterocycles. The number of β-lactam (4-membered cyclic amide) rings is 1. The number of rotatable bonds is 10. The summed E-state index contributed by atoms with van der Waals surface area (Å²) in [6, 6.07) is 3.82. The van der Waals surface area contributed by atoms with Crippen molar-refractivity contribution in [2.24, 2.45) is 11.5 Å². The van der Waals surface area contributed by atoms with Crippen molar-refractivity contribution in [3.63, 3.8) is 0 Å². The SMILES string of the molecule is NC(=O)OCC1=C(C(=O)O)N2C(=O)[C@@H](NC(=O)Cc3ccc(NC(=O)OC[C@@H](N)C(=O)O)cc3)[C@H]2SC1.[H-].[Na+]. The van der Waals surface area contributed by atoms with Crippen LogP contribution in [0.15, 0.2) is 35.5 Å². The number of thioether (sulfide) groups is 1. The average Bonchev–Trinajstić information content (AvgIpc) is 2.84. The zero-order valence-corrected chi connectivity index (χ0v) is 22.9. The minimum absolute atomic E-state index is 0. The van der Waals surface area contributed by atoms with Gasteiger partial charge in [0.1, 0.15) is 36.4 Å². The van der Waals surface area contributed by atoms with Gasteiger partial charge in [-0.3, -0.25) is 24.6 Å². The molecule has 3 atom stereocenters. The molecule has 0 spiro atoms. The molecule has 8 N–H and O–H groups in total. The molecule has 2 aliphatic heterocycles. The Morgan fingerprint density at radius 3 is 2.39 bits per heavy atom. The van der Waals surface area contributed by atoms with Crippen molar-refractivity contribution in [3.05, 3.63) is 41.1 Å². The van der Waals surface area contributed by atoms with Gasteiger partial charge in [-0.25, -0.2) is 14.4 Å². The van der Waals surface area contributed by atoms with Gasteiger partial charge in [-0.05, 0) is 17.7 Å². The summed E-state index contributed by atoms with van der Waals surface area (Å²) >= 11 is 1.21. The number of fused-ring (bicyclic) bond motifs is 1. The summed E-state index contributed by atoms with van der Waals surface area (Å²) in [5.41, 5.74) is 11.0. The van der Waals surface area contributed by atoms with Crippen molar-refractivity contribution in [3.8, 4) is 0 Å². The van der Waals surface area contributed by atoms with Gasteiger partial charge in [0.2, 0.25) is 5.91 Å². The van der Waals surface area contributed by atoms with Crippen LogP contribution in [0.1, 0.15) is 6.99 Å². The predicted molar refractivity (Wildman–Crippen MR) is 127 cm³/mol. The molecular formula is C21H24N5NaO10S. The van der Waals surface area contributed by atoms with Crippen LogP contribution >= 0.6 is 11.8 Å². The fourth-order valence-corrected chi connectivity index (χ4v) is 4.79. The first-order valence-corrected chi connectivity index (χ1v) is 11.7. The van der Waals surface area contributed by atoms with Gasteiger partial charge >= 0.3 is 53.7 Å². The maximum absolute atomic E-state index is 12.6. The summed E-state index contributed by atoms with van der Waals surface area (Å²) in [6.07, 6.45) is -2.08. The number of carboxylic acid groups (broad SMARTS) is 2. The Labute approximate surface area is 243 Å². The first-order valence-electron chi connectivity index (χ1n) is 10.6. The molecule has 0 aliphatic carbocycles. The molecule has 2 aliphatic rings. The number of carbonyl (C=O) groups is 6. The van der Waals surface area contributed by atoms with Crippen molar-refractivity contribution in [2.75, 3.05) is 24.3 Å². The van der Waals surface area contributed by atoms with Crippen LogP contribution in [0.3, 0.4) is 0 Å². The third-order valence-corrected chi connectivity index (χ3v) is 6.57. The van der Waals surface area contributed by atoms with E-state index in [1.54, 1.807) is 12.1 Å². The summed E-state index contributed by atoms with van der Waals surface area (Å²) < 4.78 is 9.37. The third-order valence-electron chi connectivity index (χ3n) is 5.23. The second-order valence-electron chi connectivity index (χ2n) is 7.86. The maximum atomic E-state index is 12.6. The zero-order valence-electron chi connectivity index (χ0n) is 21.0. The molecule has 200 valence electrons. The quantitative estimate of drug-likeness (QED) is 0.119. The number of hydrogen-bond donors (Lipinski definition) is 6. The smallest absolute Gasteiger partial charge is 1.00 e. The number of aliphatic carboxylic acids is 2. The fraction of sp³-hybridized carbons (Fsp3) is 0.333. The number of nitrogens with zero attached hydrogens (tertiary/aromatic N) is 1. The van der Waals surface area contributed by atoms with E-state index in [4.69, 9.17) is 21.3 Å². The molecule has 1 fully saturated rings. The van der Waals surface area contributed by atoms with Crippen LogP contribution in [0.2, 0.25) is 0 Å². The standard InChI is InChI=1S/C21H23N5O10S.Na.H/c22-12(18(29)30)7-36-21(34)24-11-3-1-9(2-4-11)5-13(27)25-14-16(28)26-15(19(31)32)10(6-35-20(23)33)8-37-17(14)26;;/h1-4,12,14,17H,5-8,22H2,(H2,23,33)(H,24,34)(H,25,27)(H,29,30)(H,31,32);;/q;+1;-1/t12-,14-,17-;;/m1../s1.